The van der Waals surface area contributed by atoms with Gasteiger partial charge in [0.25, 0.3) is 11.8 Å². The summed E-state index contributed by atoms with van der Waals surface area (Å²) in [6.45, 7) is 0. The number of hydrogen-bond donors (Lipinski definition) is 2. The molecule has 2 aromatic carbocycles. The molecule has 6 rings (SSSR count). The first-order valence-corrected chi connectivity index (χ1v) is 15.4. The van der Waals surface area contributed by atoms with E-state index >= 15 is 0 Å². The Morgan fingerprint density at radius 2 is 1.74 bits per heavy atom. The number of anilines is 1. The Bertz CT molecular complexity index is 1720. The van der Waals surface area contributed by atoms with E-state index in [0.29, 0.717) is 15.6 Å². The van der Waals surface area contributed by atoms with Gasteiger partial charge >= 0.3 is 5.97 Å². The predicted octanol–water partition coefficient (Wildman–Crippen LogP) is 4.82. The third-order valence-electron chi connectivity index (χ3n) is 9.07. The molecule has 43 heavy (non-hydrogen) atoms. The van der Waals surface area contributed by atoms with Crippen molar-refractivity contribution in [1.29, 1.82) is 0 Å². The molecule has 2 saturated heterocycles. The van der Waals surface area contributed by atoms with Crippen LogP contribution in [0.5, 0.6) is 11.5 Å². The van der Waals surface area contributed by atoms with Gasteiger partial charge in [-0.25, -0.2) is 4.79 Å². The molecule has 2 aliphatic carbocycles. The minimum Gasteiger partial charge on any atom is -0.503 e. The van der Waals surface area contributed by atoms with Gasteiger partial charge in [-0.1, -0.05) is 17.7 Å². The van der Waals surface area contributed by atoms with Gasteiger partial charge in [-0.05, 0) is 80.4 Å². The van der Waals surface area contributed by atoms with Crippen LogP contribution in [0, 0.1) is 17.8 Å². The maximum absolute atomic E-state index is 14.1. The van der Waals surface area contributed by atoms with Gasteiger partial charge < -0.3 is 14.9 Å². The summed E-state index contributed by atoms with van der Waals surface area (Å²) >= 11 is 21.3. The van der Waals surface area contributed by atoms with E-state index in [1.807, 2.05) is 0 Å². The zero-order valence-electron chi connectivity index (χ0n) is 22.4. The van der Waals surface area contributed by atoms with Gasteiger partial charge in [0, 0.05) is 17.4 Å². The number of allylic oxidation sites excluding steroid dienone is 2. The molecule has 0 spiro atoms. The molecule has 2 N–H and O–H groups in total. The molecule has 0 aromatic heterocycles. The number of methoxy groups -OCH3 is 1. The molecule has 2 heterocycles. The minimum atomic E-state index is -2.03. The SMILES string of the molecule is COc1cc(C2C3=CCC4C(=O)N(c5cccc(C(=O)O)c5)C(=O)C4C3CC3(Cl)C(=O)N(C)C(=O)C23Cl)c(Br)c(Br)c1O. The van der Waals surface area contributed by atoms with Crippen LogP contribution in [-0.4, -0.2) is 68.6 Å². The van der Waals surface area contributed by atoms with Crippen molar-refractivity contribution < 1.29 is 38.9 Å². The Labute approximate surface area is 271 Å². The predicted molar refractivity (Wildman–Crippen MR) is 161 cm³/mol. The largest absolute Gasteiger partial charge is 0.503 e. The fourth-order valence-corrected chi connectivity index (χ4v) is 9.07. The summed E-state index contributed by atoms with van der Waals surface area (Å²) in [7, 11) is 2.64. The number of hydrogen-bond acceptors (Lipinski definition) is 7. The molecule has 14 heteroatoms. The van der Waals surface area contributed by atoms with Gasteiger partial charge in [0.2, 0.25) is 11.8 Å². The maximum atomic E-state index is 14.1. The summed E-state index contributed by atoms with van der Waals surface area (Å²) in [6.07, 6.45) is 1.70. The Morgan fingerprint density at radius 3 is 2.40 bits per heavy atom. The van der Waals surface area contributed by atoms with E-state index in [2.05, 4.69) is 31.9 Å². The zero-order chi connectivity index (χ0) is 31.3. The van der Waals surface area contributed by atoms with E-state index in [-0.39, 0.29) is 40.1 Å². The number of benzene rings is 2. The fraction of sp³-hybridized carbons (Fsp3) is 0.345. The number of likely N-dealkylation sites (tertiary alicyclic amines) is 1. The van der Waals surface area contributed by atoms with Crippen LogP contribution in [0.25, 0.3) is 0 Å². The number of fused-ring (bicyclic) bond motifs is 4. The summed E-state index contributed by atoms with van der Waals surface area (Å²) in [4.78, 5) is 64.7. The third kappa shape index (κ3) is 3.85. The van der Waals surface area contributed by atoms with Crippen molar-refractivity contribution in [2.45, 2.75) is 28.5 Å². The lowest BCUT2D eigenvalue weighted by Gasteiger charge is -2.51. The molecule has 4 amide bonds. The zero-order valence-corrected chi connectivity index (χ0v) is 27.1. The van der Waals surface area contributed by atoms with Gasteiger partial charge in [0.15, 0.2) is 21.2 Å². The number of phenols is 1. The molecule has 224 valence electrons. The first-order chi connectivity index (χ1) is 20.2. The lowest BCUT2D eigenvalue weighted by Crippen LogP contribution is -2.60. The van der Waals surface area contributed by atoms with Crippen LogP contribution < -0.4 is 9.64 Å². The van der Waals surface area contributed by atoms with Gasteiger partial charge in [-0.3, -0.25) is 29.0 Å². The van der Waals surface area contributed by atoms with Crippen molar-refractivity contribution in [3.63, 3.8) is 0 Å². The van der Waals surface area contributed by atoms with Crippen LogP contribution in [0.2, 0.25) is 0 Å². The van der Waals surface area contributed by atoms with E-state index < -0.39 is 63.0 Å². The molecule has 6 atom stereocenters. The number of aromatic hydroxyl groups is 1. The second kappa shape index (κ2) is 10.0. The Morgan fingerprint density at radius 1 is 1.05 bits per heavy atom. The normalized spacial score (nSPS) is 31.5. The topological polar surface area (TPSA) is 142 Å². The lowest BCUT2D eigenvalue weighted by atomic mass is 9.56. The minimum absolute atomic E-state index is 0.0589. The molecule has 3 fully saturated rings. The average Bonchev–Trinajstić information content (AvgIpc) is 3.31. The number of carbonyl (C=O) groups is 5. The van der Waals surface area contributed by atoms with Crippen molar-refractivity contribution in [1.82, 2.24) is 4.90 Å². The molecule has 4 aliphatic rings. The number of aromatic carboxylic acids is 1. The highest BCUT2D eigenvalue weighted by Crippen LogP contribution is 2.66. The van der Waals surface area contributed by atoms with Crippen molar-refractivity contribution in [2.75, 3.05) is 19.1 Å². The number of carbonyl (C=O) groups excluding carboxylic acids is 4. The monoisotopic (exact) mass is 754 g/mol. The number of amides is 4. The van der Waals surface area contributed by atoms with Crippen molar-refractivity contribution in [2.24, 2.45) is 17.8 Å². The van der Waals surface area contributed by atoms with E-state index in [1.165, 1.54) is 44.5 Å². The molecule has 1 saturated carbocycles. The van der Waals surface area contributed by atoms with Crippen LogP contribution in [-0.2, 0) is 19.2 Å². The summed E-state index contributed by atoms with van der Waals surface area (Å²) in [5.74, 6) is -7.54. The Hall–Kier alpha value is -2.93. The maximum Gasteiger partial charge on any atom is 0.335 e. The van der Waals surface area contributed by atoms with Gasteiger partial charge in [0.1, 0.15) is 0 Å². The van der Waals surface area contributed by atoms with Crippen LogP contribution in [0.15, 0.2) is 50.9 Å². The molecule has 2 aromatic rings. The van der Waals surface area contributed by atoms with Gasteiger partial charge in [-0.15, -0.1) is 23.2 Å². The molecular weight excluding hydrogens is 735 g/mol. The highest BCUT2D eigenvalue weighted by atomic mass is 79.9. The number of imide groups is 2. The van der Waals surface area contributed by atoms with Crippen molar-refractivity contribution in [3.05, 3.63) is 62.1 Å². The van der Waals surface area contributed by atoms with Gasteiger partial charge in [-0.2, -0.15) is 0 Å². The summed E-state index contributed by atoms with van der Waals surface area (Å²) in [5.41, 5.74) is 0.944. The standard InChI is InChI=1S/C29H22Br2Cl2N2O8/c1-34-26(41)28(32)10-16-13(19(29(28,33)27(34)42)15-9-17(43-2)22(36)21(31)20(15)30)6-7-14-18(16)24(38)35(23(14)37)12-5-3-4-11(8-12)25(39)40/h3-6,8-9,14,16,18-19,36H,7,10H2,1-2H3,(H,39,40). The van der Waals surface area contributed by atoms with Crippen LogP contribution in [0.3, 0.4) is 0 Å². The van der Waals surface area contributed by atoms with Crippen molar-refractivity contribution >= 4 is 90.3 Å². The number of carboxylic acids is 1. The molecule has 6 unspecified atom stereocenters. The molecular formula is C29H22Br2Cl2N2O8. The Kier molecular flexibility index (Phi) is 7.04. The van der Waals surface area contributed by atoms with E-state index in [1.54, 1.807) is 6.08 Å². The average molecular weight is 757 g/mol. The van der Waals surface area contributed by atoms with Crippen molar-refractivity contribution in [3.8, 4) is 11.5 Å². The highest BCUT2D eigenvalue weighted by Gasteiger charge is 2.76. The number of ether oxygens (including phenoxy) is 1. The van der Waals surface area contributed by atoms with Gasteiger partial charge in [0.05, 0.1) is 34.7 Å². The molecule has 10 nitrogen and oxygen atoms in total. The number of phenolic OH excluding ortho intramolecular Hbond substituents is 1. The van der Waals surface area contributed by atoms with Crippen LogP contribution in [0.4, 0.5) is 5.69 Å². The van der Waals surface area contributed by atoms with E-state index in [4.69, 9.17) is 27.9 Å². The number of alkyl halides is 2. The summed E-state index contributed by atoms with van der Waals surface area (Å²) in [5, 5.41) is 20.1. The molecule has 0 bridgehead atoms. The fourth-order valence-electron chi connectivity index (χ4n) is 7.10. The first-order valence-electron chi connectivity index (χ1n) is 13.1. The van der Waals surface area contributed by atoms with E-state index in [0.717, 1.165) is 9.80 Å². The number of carboxylic acid groups (broad SMARTS) is 1. The Balaban J connectivity index is 1.55. The number of halogens is 4. The second-order valence-electron chi connectivity index (χ2n) is 11.0. The van der Waals surface area contributed by atoms with E-state index in [9.17, 15) is 34.2 Å². The highest BCUT2D eigenvalue weighted by molar-refractivity contribution is 9.13. The number of nitrogens with zero attached hydrogens (tertiary/aromatic N) is 2. The first kappa shape index (κ1) is 30.1. The summed E-state index contributed by atoms with van der Waals surface area (Å²) < 4.78 is 5.91. The lowest BCUT2D eigenvalue weighted by molar-refractivity contribution is -0.138. The quantitative estimate of drug-likeness (QED) is 0.257. The third-order valence-corrected chi connectivity index (χ3v) is 12.6. The molecule has 0 radical (unpaired) electrons. The van der Waals surface area contributed by atoms with Crippen LogP contribution >= 0.6 is 55.1 Å². The smallest absolute Gasteiger partial charge is 0.335 e. The van der Waals surface area contributed by atoms with Crippen LogP contribution in [0.1, 0.15) is 34.7 Å². The summed E-state index contributed by atoms with van der Waals surface area (Å²) in [6, 6.07) is 7.03. The second-order valence-corrected chi connectivity index (χ2v) is 13.8. The molecule has 2 aliphatic heterocycles. The number of rotatable bonds is 4.